The minimum absolute atomic E-state index is 0.0208. The lowest BCUT2D eigenvalue weighted by Gasteiger charge is -2.14. The zero-order valence-electron chi connectivity index (χ0n) is 10.9. The molecule has 1 heterocycles. The number of aromatic amines is 1. The number of hydrogen-bond acceptors (Lipinski definition) is 2. The Morgan fingerprint density at radius 3 is 3.00 bits per heavy atom. The molecule has 96 valence electrons. The first-order valence-corrected chi connectivity index (χ1v) is 6.25. The summed E-state index contributed by atoms with van der Waals surface area (Å²) in [6.07, 6.45) is 1.85. The molecule has 2 rings (SSSR count). The minimum atomic E-state index is -0.0208. The fourth-order valence-electron chi connectivity index (χ4n) is 1.89. The van der Waals surface area contributed by atoms with Crippen LogP contribution >= 0.6 is 0 Å². The zero-order valence-corrected chi connectivity index (χ0v) is 10.9. The summed E-state index contributed by atoms with van der Waals surface area (Å²) in [6.45, 7) is 4.62. The molecule has 2 aromatic rings. The van der Waals surface area contributed by atoms with E-state index < -0.39 is 0 Å². The Bertz CT molecular complexity index is 533. The van der Waals surface area contributed by atoms with E-state index >= 15 is 0 Å². The average Bonchev–Trinajstić information content (AvgIpc) is 2.86. The van der Waals surface area contributed by atoms with Crippen molar-refractivity contribution in [2.24, 2.45) is 0 Å². The molecular formula is C14H19N3O. The summed E-state index contributed by atoms with van der Waals surface area (Å²) in [5.41, 5.74) is 1.61. The number of fused-ring (bicyclic) bond motifs is 1. The highest BCUT2D eigenvalue weighted by molar-refractivity contribution is 6.05. The number of benzene rings is 1. The number of likely N-dealkylation sites (N-methyl/N-ethyl adjacent to an activating group) is 1. The van der Waals surface area contributed by atoms with Crippen LogP contribution in [0, 0.1) is 0 Å². The third kappa shape index (κ3) is 2.71. The molecule has 0 fully saturated rings. The SMILES string of the molecule is CCN(C)CCNC(=O)c1cccc2cc[nH]c12. The molecule has 0 bridgehead atoms. The standard InChI is InChI=1S/C14H19N3O/c1-3-17(2)10-9-16-14(18)12-6-4-5-11-7-8-15-13(11)12/h4-8,15H,3,9-10H2,1-2H3,(H,16,18). The Hall–Kier alpha value is -1.81. The second kappa shape index (κ2) is 5.69. The molecule has 0 unspecified atom stereocenters. The summed E-state index contributed by atoms with van der Waals surface area (Å²) in [4.78, 5) is 17.3. The van der Waals surface area contributed by atoms with E-state index in [0.29, 0.717) is 12.1 Å². The van der Waals surface area contributed by atoms with Gasteiger partial charge in [0, 0.05) is 24.7 Å². The van der Waals surface area contributed by atoms with Gasteiger partial charge in [-0.3, -0.25) is 4.79 Å². The van der Waals surface area contributed by atoms with Crippen LogP contribution in [0.2, 0.25) is 0 Å². The smallest absolute Gasteiger partial charge is 0.253 e. The van der Waals surface area contributed by atoms with Gasteiger partial charge in [0.2, 0.25) is 0 Å². The van der Waals surface area contributed by atoms with Crippen molar-refractivity contribution in [1.29, 1.82) is 0 Å². The van der Waals surface area contributed by atoms with Gasteiger partial charge in [0.1, 0.15) is 0 Å². The van der Waals surface area contributed by atoms with Crippen LogP contribution in [0.4, 0.5) is 0 Å². The van der Waals surface area contributed by atoms with Crippen molar-refractivity contribution in [3.8, 4) is 0 Å². The van der Waals surface area contributed by atoms with E-state index in [1.54, 1.807) is 0 Å². The molecule has 1 aromatic carbocycles. The van der Waals surface area contributed by atoms with E-state index in [0.717, 1.165) is 24.0 Å². The fourth-order valence-corrected chi connectivity index (χ4v) is 1.89. The molecule has 4 nitrogen and oxygen atoms in total. The van der Waals surface area contributed by atoms with E-state index in [2.05, 4.69) is 22.1 Å². The van der Waals surface area contributed by atoms with Crippen LogP contribution in [0.25, 0.3) is 10.9 Å². The number of carbonyl (C=O) groups is 1. The van der Waals surface area contributed by atoms with Crippen molar-refractivity contribution in [2.45, 2.75) is 6.92 Å². The largest absolute Gasteiger partial charge is 0.361 e. The van der Waals surface area contributed by atoms with Crippen molar-refractivity contribution in [2.75, 3.05) is 26.7 Å². The number of nitrogens with one attached hydrogen (secondary N) is 2. The highest BCUT2D eigenvalue weighted by atomic mass is 16.1. The molecule has 1 amide bonds. The Balaban J connectivity index is 2.03. The van der Waals surface area contributed by atoms with E-state index in [1.165, 1.54) is 0 Å². The van der Waals surface area contributed by atoms with Crippen LogP contribution in [0.3, 0.4) is 0 Å². The van der Waals surface area contributed by atoms with Crippen molar-refractivity contribution in [3.63, 3.8) is 0 Å². The summed E-state index contributed by atoms with van der Waals surface area (Å²) in [5.74, 6) is -0.0208. The number of hydrogen-bond donors (Lipinski definition) is 2. The van der Waals surface area contributed by atoms with Gasteiger partial charge in [-0.2, -0.15) is 0 Å². The Labute approximate surface area is 107 Å². The molecule has 0 aliphatic carbocycles. The maximum absolute atomic E-state index is 12.1. The van der Waals surface area contributed by atoms with E-state index in [-0.39, 0.29) is 5.91 Å². The van der Waals surface area contributed by atoms with E-state index in [9.17, 15) is 4.79 Å². The van der Waals surface area contributed by atoms with Crippen LogP contribution in [-0.4, -0.2) is 42.5 Å². The van der Waals surface area contributed by atoms with Gasteiger partial charge >= 0.3 is 0 Å². The van der Waals surface area contributed by atoms with Gasteiger partial charge in [-0.1, -0.05) is 19.1 Å². The Kier molecular flexibility index (Phi) is 3.99. The summed E-state index contributed by atoms with van der Waals surface area (Å²) in [5, 5.41) is 4.01. The van der Waals surface area contributed by atoms with Gasteiger partial charge in [-0.15, -0.1) is 0 Å². The van der Waals surface area contributed by atoms with Crippen LogP contribution in [0.5, 0.6) is 0 Å². The predicted molar refractivity (Wildman–Crippen MR) is 73.8 cm³/mol. The first-order chi connectivity index (χ1) is 8.72. The maximum atomic E-state index is 12.1. The second-order valence-corrected chi connectivity index (χ2v) is 4.40. The molecule has 0 saturated heterocycles. The van der Waals surface area contributed by atoms with E-state index in [1.807, 2.05) is 37.5 Å². The van der Waals surface area contributed by atoms with Gasteiger partial charge in [-0.05, 0) is 25.7 Å². The molecule has 1 aromatic heterocycles. The molecule has 0 saturated carbocycles. The third-order valence-corrected chi connectivity index (χ3v) is 3.15. The number of nitrogens with zero attached hydrogens (tertiary/aromatic N) is 1. The second-order valence-electron chi connectivity index (χ2n) is 4.40. The number of rotatable bonds is 5. The molecule has 0 atom stereocenters. The number of aromatic nitrogens is 1. The highest BCUT2D eigenvalue weighted by Crippen LogP contribution is 2.16. The van der Waals surface area contributed by atoms with Crippen LogP contribution in [0.1, 0.15) is 17.3 Å². The van der Waals surface area contributed by atoms with Gasteiger partial charge in [-0.25, -0.2) is 0 Å². The number of amides is 1. The van der Waals surface area contributed by atoms with Crippen LogP contribution in [0.15, 0.2) is 30.5 Å². The lowest BCUT2D eigenvalue weighted by atomic mass is 10.1. The topological polar surface area (TPSA) is 48.1 Å². The quantitative estimate of drug-likeness (QED) is 0.844. The number of H-pyrrole nitrogens is 1. The molecular weight excluding hydrogens is 226 g/mol. The van der Waals surface area contributed by atoms with Gasteiger partial charge in [0.25, 0.3) is 5.91 Å². The molecule has 0 radical (unpaired) electrons. The van der Waals surface area contributed by atoms with Crippen molar-refractivity contribution >= 4 is 16.8 Å². The monoisotopic (exact) mass is 245 g/mol. The Morgan fingerprint density at radius 2 is 2.22 bits per heavy atom. The first-order valence-electron chi connectivity index (χ1n) is 6.25. The van der Waals surface area contributed by atoms with Crippen LogP contribution in [-0.2, 0) is 0 Å². The molecule has 0 aliphatic rings. The van der Waals surface area contributed by atoms with Gasteiger partial charge in [0.05, 0.1) is 11.1 Å². The maximum Gasteiger partial charge on any atom is 0.253 e. The van der Waals surface area contributed by atoms with Gasteiger partial charge in [0.15, 0.2) is 0 Å². The van der Waals surface area contributed by atoms with Crippen molar-refractivity contribution < 1.29 is 4.79 Å². The summed E-state index contributed by atoms with van der Waals surface area (Å²) < 4.78 is 0. The average molecular weight is 245 g/mol. The van der Waals surface area contributed by atoms with Gasteiger partial charge < -0.3 is 15.2 Å². The van der Waals surface area contributed by atoms with Crippen molar-refractivity contribution in [3.05, 3.63) is 36.0 Å². The zero-order chi connectivity index (χ0) is 13.0. The molecule has 0 spiro atoms. The van der Waals surface area contributed by atoms with Crippen LogP contribution < -0.4 is 5.32 Å². The lowest BCUT2D eigenvalue weighted by molar-refractivity contribution is 0.0951. The summed E-state index contributed by atoms with van der Waals surface area (Å²) >= 11 is 0. The third-order valence-electron chi connectivity index (χ3n) is 3.15. The highest BCUT2D eigenvalue weighted by Gasteiger charge is 2.09. The number of carbonyl (C=O) groups excluding carboxylic acids is 1. The normalized spacial score (nSPS) is 11.1. The summed E-state index contributed by atoms with van der Waals surface area (Å²) in [6, 6.07) is 7.71. The van der Waals surface area contributed by atoms with Crippen molar-refractivity contribution in [1.82, 2.24) is 15.2 Å². The Morgan fingerprint density at radius 1 is 1.39 bits per heavy atom. The molecule has 0 aliphatic heterocycles. The molecule has 18 heavy (non-hydrogen) atoms. The molecule has 4 heteroatoms. The van der Waals surface area contributed by atoms with E-state index in [4.69, 9.17) is 0 Å². The predicted octanol–water partition coefficient (Wildman–Crippen LogP) is 1.85. The fraction of sp³-hybridized carbons (Fsp3) is 0.357. The minimum Gasteiger partial charge on any atom is -0.361 e. The number of para-hydroxylation sites is 1. The summed E-state index contributed by atoms with van der Waals surface area (Å²) in [7, 11) is 2.04. The molecule has 2 N–H and O–H groups in total. The lowest BCUT2D eigenvalue weighted by Crippen LogP contribution is -2.32. The first kappa shape index (κ1) is 12.6.